The molecular formula is C25H28Cl2N6O. The van der Waals surface area contributed by atoms with E-state index in [0.717, 1.165) is 36.8 Å². The maximum atomic E-state index is 12.7. The predicted octanol–water partition coefficient (Wildman–Crippen LogP) is 5.20. The number of hydrogen-bond acceptors (Lipinski definition) is 6. The highest BCUT2D eigenvalue weighted by atomic mass is 35.5. The molecule has 1 saturated carbocycles. The SMILES string of the molecule is CNc1nc(-c2ccccc2)nc(N(C)[C@H]2CC[C@@H](C(=O)NCc3ccc(Cl)cc3Cl)CC2)n1. The standard InChI is InChI=1S/C25H28Cl2N6O/c1-28-24-30-22(16-6-4-3-5-7-16)31-25(32-24)33(2)20-12-9-17(10-13-20)23(34)29-15-18-8-11-19(26)14-21(18)27/h3-8,11,14,17,20H,9-10,12-13,15H2,1-2H3,(H,29,34)(H,28,30,31,32)/t17-,20+. The highest BCUT2D eigenvalue weighted by molar-refractivity contribution is 6.35. The number of hydrogen-bond donors (Lipinski definition) is 2. The fraction of sp³-hybridized carbons (Fsp3) is 0.360. The number of amides is 1. The molecule has 0 unspecified atom stereocenters. The Kier molecular flexibility index (Phi) is 7.85. The molecule has 2 N–H and O–H groups in total. The molecule has 1 fully saturated rings. The van der Waals surface area contributed by atoms with Crippen LogP contribution >= 0.6 is 23.2 Å². The van der Waals surface area contributed by atoms with Crippen LogP contribution in [-0.2, 0) is 11.3 Å². The third-order valence-electron chi connectivity index (χ3n) is 6.28. The molecule has 3 aromatic rings. The number of halogens is 2. The zero-order valence-electron chi connectivity index (χ0n) is 19.3. The van der Waals surface area contributed by atoms with Gasteiger partial charge in [0.2, 0.25) is 17.8 Å². The van der Waals surface area contributed by atoms with Crippen molar-refractivity contribution in [3.63, 3.8) is 0 Å². The summed E-state index contributed by atoms with van der Waals surface area (Å²) in [6.07, 6.45) is 3.39. The summed E-state index contributed by atoms with van der Waals surface area (Å²) in [5.41, 5.74) is 1.80. The van der Waals surface area contributed by atoms with E-state index in [-0.39, 0.29) is 17.9 Å². The van der Waals surface area contributed by atoms with Gasteiger partial charge >= 0.3 is 0 Å². The van der Waals surface area contributed by atoms with Crippen molar-refractivity contribution in [2.75, 3.05) is 24.3 Å². The van der Waals surface area contributed by atoms with Gasteiger partial charge < -0.3 is 15.5 Å². The van der Waals surface area contributed by atoms with E-state index in [0.29, 0.717) is 34.3 Å². The predicted molar refractivity (Wildman–Crippen MR) is 137 cm³/mol. The molecule has 0 radical (unpaired) electrons. The normalized spacial score (nSPS) is 17.8. The summed E-state index contributed by atoms with van der Waals surface area (Å²) in [5.74, 6) is 1.85. The molecule has 2 aromatic carbocycles. The Morgan fingerprint density at radius 3 is 2.44 bits per heavy atom. The Bertz CT molecular complexity index is 1140. The first-order chi connectivity index (χ1) is 16.4. The molecule has 1 aliphatic carbocycles. The molecule has 7 nitrogen and oxygen atoms in total. The summed E-state index contributed by atoms with van der Waals surface area (Å²) in [5, 5.41) is 7.20. The van der Waals surface area contributed by atoms with E-state index < -0.39 is 0 Å². The lowest BCUT2D eigenvalue weighted by Gasteiger charge is -2.34. The van der Waals surface area contributed by atoms with Crippen LogP contribution in [0, 0.1) is 5.92 Å². The van der Waals surface area contributed by atoms with Crippen LogP contribution in [0.3, 0.4) is 0 Å². The number of nitrogens with one attached hydrogen (secondary N) is 2. The summed E-state index contributed by atoms with van der Waals surface area (Å²) in [6, 6.07) is 15.4. The zero-order valence-corrected chi connectivity index (χ0v) is 20.8. The number of nitrogens with zero attached hydrogens (tertiary/aromatic N) is 4. The summed E-state index contributed by atoms with van der Waals surface area (Å²) in [4.78, 5) is 28.7. The van der Waals surface area contributed by atoms with Crippen molar-refractivity contribution < 1.29 is 4.79 Å². The van der Waals surface area contributed by atoms with E-state index in [4.69, 9.17) is 28.2 Å². The van der Waals surface area contributed by atoms with E-state index in [2.05, 4.69) is 25.5 Å². The smallest absolute Gasteiger partial charge is 0.230 e. The van der Waals surface area contributed by atoms with Crippen molar-refractivity contribution in [1.82, 2.24) is 20.3 Å². The Balaban J connectivity index is 1.37. The minimum absolute atomic E-state index is 0.0122. The van der Waals surface area contributed by atoms with Gasteiger partial charge in [0, 0.05) is 48.2 Å². The number of carbonyl (C=O) groups excluding carboxylic acids is 1. The van der Waals surface area contributed by atoms with Crippen LogP contribution in [0.5, 0.6) is 0 Å². The Labute approximate surface area is 209 Å². The van der Waals surface area contributed by atoms with Gasteiger partial charge in [-0.1, -0.05) is 59.6 Å². The average molecular weight is 499 g/mol. The van der Waals surface area contributed by atoms with Crippen LogP contribution < -0.4 is 15.5 Å². The van der Waals surface area contributed by atoms with Crippen molar-refractivity contribution in [2.45, 2.75) is 38.3 Å². The van der Waals surface area contributed by atoms with Crippen molar-refractivity contribution in [3.8, 4) is 11.4 Å². The zero-order chi connectivity index (χ0) is 24.1. The van der Waals surface area contributed by atoms with Gasteiger partial charge in [0.15, 0.2) is 5.82 Å². The second-order valence-corrected chi connectivity index (χ2v) is 9.31. The largest absolute Gasteiger partial charge is 0.357 e. The van der Waals surface area contributed by atoms with Gasteiger partial charge in [-0.3, -0.25) is 4.79 Å². The molecule has 34 heavy (non-hydrogen) atoms. The van der Waals surface area contributed by atoms with Gasteiger partial charge in [-0.2, -0.15) is 15.0 Å². The molecule has 9 heteroatoms. The van der Waals surface area contributed by atoms with Gasteiger partial charge in [0.05, 0.1) is 0 Å². The molecule has 0 aliphatic heterocycles. The molecule has 0 atom stereocenters. The fourth-order valence-electron chi connectivity index (χ4n) is 4.23. The first kappa shape index (κ1) is 24.2. The highest BCUT2D eigenvalue weighted by Gasteiger charge is 2.29. The summed E-state index contributed by atoms with van der Waals surface area (Å²) < 4.78 is 0. The van der Waals surface area contributed by atoms with E-state index in [9.17, 15) is 4.79 Å². The number of rotatable bonds is 7. The topological polar surface area (TPSA) is 83.0 Å². The van der Waals surface area contributed by atoms with Crippen molar-refractivity contribution >= 4 is 41.0 Å². The minimum atomic E-state index is -0.0122. The molecule has 4 rings (SSSR count). The van der Waals surface area contributed by atoms with Gasteiger partial charge in [0.1, 0.15) is 0 Å². The van der Waals surface area contributed by atoms with Gasteiger partial charge in [0.25, 0.3) is 0 Å². The molecular weight excluding hydrogens is 471 g/mol. The quantitative estimate of drug-likeness (QED) is 0.465. The maximum Gasteiger partial charge on any atom is 0.230 e. The van der Waals surface area contributed by atoms with Crippen LogP contribution in [0.4, 0.5) is 11.9 Å². The van der Waals surface area contributed by atoms with Gasteiger partial charge in [-0.05, 0) is 43.4 Å². The lowest BCUT2D eigenvalue weighted by molar-refractivity contribution is -0.126. The van der Waals surface area contributed by atoms with E-state index in [1.54, 1.807) is 19.2 Å². The van der Waals surface area contributed by atoms with E-state index in [1.807, 2.05) is 43.4 Å². The molecule has 1 amide bonds. The second-order valence-electron chi connectivity index (χ2n) is 8.47. The fourth-order valence-corrected chi connectivity index (χ4v) is 4.71. The lowest BCUT2D eigenvalue weighted by atomic mass is 9.85. The third kappa shape index (κ3) is 5.77. The van der Waals surface area contributed by atoms with Crippen LogP contribution in [0.2, 0.25) is 10.0 Å². The summed E-state index contributed by atoms with van der Waals surface area (Å²) in [6.45, 7) is 0.397. The molecule has 1 heterocycles. The third-order valence-corrected chi connectivity index (χ3v) is 6.87. The molecule has 1 aromatic heterocycles. The molecule has 1 aliphatic rings. The van der Waals surface area contributed by atoms with E-state index in [1.165, 1.54) is 0 Å². The second kappa shape index (κ2) is 11.0. The Hall–Kier alpha value is -2.90. The average Bonchev–Trinajstić information content (AvgIpc) is 2.88. The monoisotopic (exact) mass is 498 g/mol. The van der Waals surface area contributed by atoms with Crippen LogP contribution in [-0.4, -0.2) is 41.0 Å². The minimum Gasteiger partial charge on any atom is -0.357 e. The number of benzene rings is 2. The Morgan fingerprint density at radius 2 is 1.76 bits per heavy atom. The maximum absolute atomic E-state index is 12.7. The van der Waals surface area contributed by atoms with Crippen LogP contribution in [0.25, 0.3) is 11.4 Å². The van der Waals surface area contributed by atoms with Crippen molar-refractivity contribution in [1.29, 1.82) is 0 Å². The van der Waals surface area contributed by atoms with Gasteiger partial charge in [-0.25, -0.2) is 0 Å². The highest BCUT2D eigenvalue weighted by Crippen LogP contribution is 2.30. The molecule has 0 spiro atoms. The summed E-state index contributed by atoms with van der Waals surface area (Å²) >= 11 is 12.2. The lowest BCUT2D eigenvalue weighted by Crippen LogP contribution is -2.40. The van der Waals surface area contributed by atoms with Crippen molar-refractivity contribution in [3.05, 3.63) is 64.1 Å². The van der Waals surface area contributed by atoms with Crippen molar-refractivity contribution in [2.24, 2.45) is 5.92 Å². The van der Waals surface area contributed by atoms with E-state index >= 15 is 0 Å². The molecule has 178 valence electrons. The number of carbonyl (C=O) groups is 1. The molecule has 0 saturated heterocycles. The first-order valence-corrected chi connectivity index (χ1v) is 12.1. The molecule has 0 bridgehead atoms. The Morgan fingerprint density at radius 1 is 1.03 bits per heavy atom. The van der Waals surface area contributed by atoms with Crippen LogP contribution in [0.15, 0.2) is 48.5 Å². The summed E-state index contributed by atoms with van der Waals surface area (Å²) in [7, 11) is 3.81. The number of anilines is 2. The number of aromatic nitrogens is 3. The van der Waals surface area contributed by atoms with Gasteiger partial charge in [-0.15, -0.1) is 0 Å². The first-order valence-electron chi connectivity index (χ1n) is 11.4. The van der Waals surface area contributed by atoms with Crippen LogP contribution in [0.1, 0.15) is 31.2 Å².